The fourth-order valence-corrected chi connectivity index (χ4v) is 3.98. The average molecular weight is 442 g/mol. The van der Waals surface area contributed by atoms with Gasteiger partial charge in [-0.15, -0.1) is 0 Å². The zero-order valence-corrected chi connectivity index (χ0v) is 17.7. The highest BCUT2D eigenvalue weighted by Gasteiger charge is 2.36. The number of methoxy groups -OCH3 is 2. The van der Waals surface area contributed by atoms with Crippen LogP contribution in [0.4, 0.5) is 6.01 Å². The minimum atomic E-state index is -0.656. The molecule has 4 aromatic rings. The number of nitriles is 1. The minimum absolute atomic E-state index is 0.0631. The second-order valence-corrected chi connectivity index (χ2v) is 7.31. The van der Waals surface area contributed by atoms with E-state index >= 15 is 0 Å². The molecule has 0 amide bonds. The van der Waals surface area contributed by atoms with Gasteiger partial charge in [0.1, 0.15) is 34.2 Å². The maximum atomic E-state index is 12.9. The van der Waals surface area contributed by atoms with E-state index in [9.17, 15) is 10.1 Å². The summed E-state index contributed by atoms with van der Waals surface area (Å²) in [5.74, 6) is 0.800. The molecule has 0 bridgehead atoms. The van der Waals surface area contributed by atoms with E-state index in [-0.39, 0.29) is 28.4 Å². The summed E-state index contributed by atoms with van der Waals surface area (Å²) < 4.78 is 23.3. The number of fused-ring (bicyclic) bond motifs is 3. The summed E-state index contributed by atoms with van der Waals surface area (Å²) in [6.45, 7) is 0. The molecule has 1 atom stereocenters. The number of ether oxygens (including phenoxy) is 2. The molecule has 3 heterocycles. The van der Waals surface area contributed by atoms with Crippen molar-refractivity contribution in [2.45, 2.75) is 5.92 Å². The molecule has 0 spiro atoms. The van der Waals surface area contributed by atoms with Gasteiger partial charge in [0.05, 0.1) is 20.1 Å². The molecule has 164 valence electrons. The quantitative estimate of drug-likeness (QED) is 0.505. The first-order valence-corrected chi connectivity index (χ1v) is 9.96. The summed E-state index contributed by atoms with van der Waals surface area (Å²) in [4.78, 5) is 17.2. The lowest BCUT2D eigenvalue weighted by Gasteiger charge is -2.19. The van der Waals surface area contributed by atoms with E-state index in [1.165, 1.54) is 4.57 Å². The number of rotatable bonds is 4. The Morgan fingerprint density at radius 3 is 2.58 bits per heavy atom. The highest BCUT2D eigenvalue weighted by atomic mass is 16.5. The van der Waals surface area contributed by atoms with Crippen molar-refractivity contribution in [3.63, 3.8) is 0 Å². The molecule has 0 fully saturated rings. The fraction of sp³-hybridized carbons (Fsp3) is 0.125. The maximum Gasteiger partial charge on any atom is 0.362 e. The van der Waals surface area contributed by atoms with Crippen molar-refractivity contribution >= 4 is 17.7 Å². The highest BCUT2D eigenvalue weighted by Crippen LogP contribution is 2.38. The number of anilines is 1. The molecular weight excluding hydrogens is 424 g/mol. The van der Waals surface area contributed by atoms with Gasteiger partial charge in [0.2, 0.25) is 11.4 Å². The van der Waals surface area contributed by atoms with Gasteiger partial charge in [-0.25, -0.2) is 9.36 Å². The Labute approximate surface area is 187 Å². The van der Waals surface area contributed by atoms with Crippen LogP contribution in [-0.2, 0) is 0 Å². The summed E-state index contributed by atoms with van der Waals surface area (Å²) in [6.07, 6.45) is 1.63. The molecule has 1 aliphatic rings. The zero-order valence-electron chi connectivity index (χ0n) is 17.7. The third-order valence-corrected chi connectivity index (χ3v) is 5.43. The first kappa shape index (κ1) is 20.2. The van der Waals surface area contributed by atoms with E-state index in [1.54, 1.807) is 56.7 Å². The number of aromatic nitrogens is 2. The van der Waals surface area contributed by atoms with Crippen LogP contribution in [0.1, 0.15) is 22.7 Å². The lowest BCUT2D eigenvalue weighted by Crippen LogP contribution is -2.35. The lowest BCUT2D eigenvalue weighted by molar-refractivity contribution is 0.414. The predicted octanol–water partition coefficient (Wildman–Crippen LogP) is 1.67. The van der Waals surface area contributed by atoms with Crippen LogP contribution in [0.15, 0.2) is 62.2 Å². The first-order valence-electron chi connectivity index (χ1n) is 9.96. The molecule has 0 aliphatic carbocycles. The van der Waals surface area contributed by atoms with E-state index in [4.69, 9.17) is 24.0 Å². The van der Waals surface area contributed by atoms with Gasteiger partial charge in [0.25, 0.3) is 6.01 Å². The van der Waals surface area contributed by atoms with Crippen molar-refractivity contribution in [1.82, 2.24) is 9.55 Å². The SMILES string of the molecule is COc1cccc(/C=c2\c(=O)oc3n2-c2oc(N)nc2[C@@H](c2cccc(OC)c2)C=3C#N)c1. The topological polar surface area (TPSA) is 129 Å². The zero-order chi connectivity index (χ0) is 23.1. The smallest absolute Gasteiger partial charge is 0.362 e. The van der Waals surface area contributed by atoms with Gasteiger partial charge in [0, 0.05) is 0 Å². The number of oxazole rings is 2. The molecule has 0 unspecified atom stereocenters. The number of nitrogen functional groups attached to an aromatic ring is 1. The Morgan fingerprint density at radius 2 is 1.85 bits per heavy atom. The van der Waals surface area contributed by atoms with Crippen LogP contribution >= 0.6 is 0 Å². The molecule has 2 aromatic heterocycles. The molecule has 2 N–H and O–H groups in total. The molecule has 5 rings (SSSR count). The van der Waals surface area contributed by atoms with E-state index in [1.807, 2.05) is 12.1 Å². The van der Waals surface area contributed by atoms with Crippen LogP contribution in [0.3, 0.4) is 0 Å². The molecule has 9 heteroatoms. The number of benzene rings is 2. The Bertz CT molecular complexity index is 1600. The van der Waals surface area contributed by atoms with Crippen molar-refractivity contribution in [2.75, 3.05) is 20.0 Å². The summed E-state index contributed by atoms with van der Waals surface area (Å²) in [6, 6.07) is 16.5. The van der Waals surface area contributed by atoms with Gasteiger partial charge in [0.15, 0.2) is 0 Å². The molecule has 0 radical (unpaired) electrons. The van der Waals surface area contributed by atoms with Gasteiger partial charge in [-0.3, -0.25) is 0 Å². The second kappa shape index (κ2) is 7.76. The number of nitrogens with two attached hydrogens (primary N) is 1. The van der Waals surface area contributed by atoms with Crippen LogP contribution in [0, 0.1) is 11.3 Å². The van der Waals surface area contributed by atoms with E-state index in [0.29, 0.717) is 28.3 Å². The fourth-order valence-electron chi connectivity index (χ4n) is 3.98. The Morgan fingerprint density at radius 1 is 1.12 bits per heavy atom. The molecule has 33 heavy (non-hydrogen) atoms. The summed E-state index contributed by atoms with van der Waals surface area (Å²) in [7, 11) is 3.11. The van der Waals surface area contributed by atoms with Crippen LogP contribution in [0.2, 0.25) is 0 Å². The Hall–Kier alpha value is -4.71. The monoisotopic (exact) mass is 442 g/mol. The highest BCUT2D eigenvalue weighted by molar-refractivity contribution is 5.73. The number of hydrogen-bond donors (Lipinski definition) is 1. The summed E-state index contributed by atoms with van der Waals surface area (Å²) in [5.41, 5.74) is 7.35. The van der Waals surface area contributed by atoms with Crippen LogP contribution in [-0.4, -0.2) is 23.8 Å². The van der Waals surface area contributed by atoms with Crippen LogP contribution in [0.25, 0.3) is 17.5 Å². The maximum absolute atomic E-state index is 12.9. The second-order valence-electron chi connectivity index (χ2n) is 7.31. The van der Waals surface area contributed by atoms with Crippen LogP contribution in [0.5, 0.6) is 11.5 Å². The minimum Gasteiger partial charge on any atom is -0.497 e. The molecule has 9 nitrogen and oxygen atoms in total. The van der Waals surface area contributed by atoms with Crippen molar-refractivity contribution in [2.24, 2.45) is 0 Å². The number of hydrogen-bond acceptors (Lipinski definition) is 8. The molecule has 0 saturated carbocycles. The van der Waals surface area contributed by atoms with Crippen LogP contribution < -0.4 is 31.7 Å². The average Bonchev–Trinajstić information content (AvgIpc) is 3.37. The van der Waals surface area contributed by atoms with Crippen molar-refractivity contribution in [3.8, 4) is 23.5 Å². The summed E-state index contributed by atoms with van der Waals surface area (Å²) in [5, 5.41) is 10.2. The Balaban J connectivity index is 1.85. The van der Waals surface area contributed by atoms with E-state index < -0.39 is 11.5 Å². The predicted molar refractivity (Wildman–Crippen MR) is 118 cm³/mol. The molecular formula is C24H18N4O5. The normalized spacial score (nSPS) is 15.0. The molecule has 2 aromatic carbocycles. The molecule has 0 saturated heterocycles. The van der Waals surface area contributed by atoms with Crippen molar-refractivity contribution < 1.29 is 18.3 Å². The third kappa shape index (κ3) is 3.25. The van der Waals surface area contributed by atoms with Gasteiger partial charge in [-0.05, 0) is 41.5 Å². The van der Waals surface area contributed by atoms with Crippen molar-refractivity contribution in [1.29, 1.82) is 5.26 Å². The third-order valence-electron chi connectivity index (χ3n) is 5.43. The lowest BCUT2D eigenvalue weighted by atomic mass is 9.87. The first-order chi connectivity index (χ1) is 16.0. The van der Waals surface area contributed by atoms with Gasteiger partial charge in [-0.1, -0.05) is 24.3 Å². The summed E-state index contributed by atoms with van der Waals surface area (Å²) >= 11 is 0. The van der Waals surface area contributed by atoms with E-state index in [2.05, 4.69) is 11.1 Å². The number of nitrogens with zero attached hydrogens (tertiary/aromatic N) is 3. The van der Waals surface area contributed by atoms with Gasteiger partial charge in [-0.2, -0.15) is 10.2 Å². The van der Waals surface area contributed by atoms with Gasteiger partial charge >= 0.3 is 5.63 Å². The van der Waals surface area contributed by atoms with Crippen molar-refractivity contribution in [3.05, 3.63) is 86.7 Å². The van der Waals surface area contributed by atoms with E-state index in [0.717, 1.165) is 0 Å². The molecule has 1 aliphatic heterocycles. The van der Waals surface area contributed by atoms with Gasteiger partial charge < -0.3 is 24.0 Å². The largest absolute Gasteiger partial charge is 0.497 e. The Kier molecular flexibility index (Phi) is 4.75. The standard InChI is InChI=1S/C24H18N4O5/c1-30-15-7-3-5-13(9-15)10-18-23(29)32-21-17(12-25)19(14-6-4-8-16(11-14)31-2)20-22(28(18)21)33-24(26)27-20/h3-11,19H,1-2H3,(H2,26,27)/b18-10+/t19-/m0/s1.